The van der Waals surface area contributed by atoms with Crippen molar-refractivity contribution in [1.82, 2.24) is 0 Å². The van der Waals surface area contributed by atoms with Crippen LogP contribution in [0.25, 0.3) is 0 Å². The number of allylic oxidation sites excluding steroid dienone is 8. The number of carbonyl (C=O) groups is 3. The van der Waals surface area contributed by atoms with Crippen molar-refractivity contribution in [3.8, 4) is 0 Å². The van der Waals surface area contributed by atoms with Crippen LogP contribution >= 0.6 is 0 Å². The second-order valence-corrected chi connectivity index (χ2v) is 17.0. The van der Waals surface area contributed by atoms with E-state index < -0.39 is 18.1 Å². The molecule has 0 aliphatic rings. The van der Waals surface area contributed by atoms with Gasteiger partial charge in [-0.05, 0) is 51.4 Å². The van der Waals surface area contributed by atoms with E-state index in [2.05, 4.69) is 62.5 Å². The molecule has 58 heavy (non-hydrogen) atoms. The third-order valence-corrected chi connectivity index (χ3v) is 10.5. The number of rotatable bonds is 42. The van der Waals surface area contributed by atoms with E-state index in [4.69, 9.17) is 14.2 Å². The van der Waals surface area contributed by atoms with Gasteiger partial charge in [-0.25, -0.2) is 4.79 Å². The number of ether oxygens (including phenoxy) is 3. The molecule has 0 aromatic heterocycles. The zero-order valence-corrected chi connectivity index (χ0v) is 38.2. The van der Waals surface area contributed by atoms with Crippen molar-refractivity contribution >= 4 is 17.9 Å². The number of carbonyl (C=O) groups excluding carboxylic acids is 2. The maximum atomic E-state index is 12.8. The van der Waals surface area contributed by atoms with Crippen LogP contribution in [-0.4, -0.2) is 80.6 Å². The van der Waals surface area contributed by atoms with Gasteiger partial charge < -0.3 is 23.8 Å². The number of likely N-dealkylation sites (N-methyl/N-ethyl adjacent to an activating group) is 1. The van der Waals surface area contributed by atoms with Gasteiger partial charge in [0.25, 0.3) is 0 Å². The van der Waals surface area contributed by atoms with Crippen LogP contribution in [0.3, 0.4) is 0 Å². The van der Waals surface area contributed by atoms with Gasteiger partial charge in [0.15, 0.2) is 12.1 Å². The number of carboxylic acids is 1. The fourth-order valence-corrected chi connectivity index (χ4v) is 6.85. The molecular weight excluding hydrogens is 727 g/mol. The number of aliphatic carboxylic acids is 1. The summed E-state index contributed by atoms with van der Waals surface area (Å²) in [4.78, 5) is 37.0. The first-order valence-electron chi connectivity index (χ1n) is 23.7. The van der Waals surface area contributed by atoms with Crippen LogP contribution in [0.4, 0.5) is 0 Å². The van der Waals surface area contributed by atoms with Crippen LogP contribution in [0.2, 0.25) is 0 Å². The lowest BCUT2D eigenvalue weighted by Gasteiger charge is -2.31. The average Bonchev–Trinajstić information content (AvgIpc) is 3.18. The van der Waals surface area contributed by atoms with Crippen molar-refractivity contribution in [2.24, 2.45) is 0 Å². The van der Waals surface area contributed by atoms with Crippen molar-refractivity contribution < 1.29 is 38.2 Å². The molecule has 2 atom stereocenters. The fraction of sp³-hybridized carbons (Fsp3) is 0.780. The van der Waals surface area contributed by atoms with Gasteiger partial charge in [-0.2, -0.15) is 0 Å². The van der Waals surface area contributed by atoms with Gasteiger partial charge in [-0.3, -0.25) is 9.59 Å². The first kappa shape index (κ1) is 55.3. The second-order valence-electron chi connectivity index (χ2n) is 17.0. The maximum Gasteiger partial charge on any atom is 0.362 e. The van der Waals surface area contributed by atoms with E-state index >= 15 is 0 Å². The highest BCUT2D eigenvalue weighted by Gasteiger charge is 2.31. The summed E-state index contributed by atoms with van der Waals surface area (Å²) in [7, 11) is 5.52. The van der Waals surface area contributed by atoms with Crippen LogP contribution in [0, 0.1) is 0 Å². The molecule has 336 valence electrons. The van der Waals surface area contributed by atoms with E-state index in [1.54, 1.807) is 0 Å². The summed E-state index contributed by atoms with van der Waals surface area (Å²) in [5, 5.41) is 9.63. The first-order valence-corrected chi connectivity index (χ1v) is 23.7. The molecule has 0 saturated heterocycles. The molecular formula is C50H90NO7+. The van der Waals surface area contributed by atoms with E-state index in [0.29, 0.717) is 19.3 Å². The predicted molar refractivity (Wildman–Crippen MR) is 243 cm³/mol. The van der Waals surface area contributed by atoms with Crippen LogP contribution in [0.15, 0.2) is 48.6 Å². The van der Waals surface area contributed by atoms with Crippen LogP contribution < -0.4 is 0 Å². The van der Waals surface area contributed by atoms with Gasteiger partial charge in [-0.1, -0.05) is 178 Å². The van der Waals surface area contributed by atoms with Gasteiger partial charge in [0.1, 0.15) is 6.61 Å². The van der Waals surface area contributed by atoms with Crippen molar-refractivity contribution in [3.63, 3.8) is 0 Å². The quantitative estimate of drug-likeness (QED) is 0.0283. The Bertz CT molecular complexity index is 1090. The lowest BCUT2D eigenvalue weighted by Crippen LogP contribution is -2.50. The normalized spacial score (nSPS) is 13.3. The van der Waals surface area contributed by atoms with E-state index in [-0.39, 0.29) is 36.2 Å². The number of hydrogen-bond acceptors (Lipinski definition) is 6. The van der Waals surface area contributed by atoms with Crippen LogP contribution in [0.1, 0.15) is 200 Å². The topological polar surface area (TPSA) is 99.1 Å². The van der Waals surface area contributed by atoms with E-state index in [0.717, 1.165) is 70.6 Å². The molecule has 0 radical (unpaired) electrons. The third-order valence-electron chi connectivity index (χ3n) is 10.5. The molecule has 0 aliphatic carbocycles. The lowest BCUT2D eigenvalue weighted by atomic mass is 10.0. The second kappa shape index (κ2) is 41.0. The van der Waals surface area contributed by atoms with Crippen molar-refractivity contribution in [2.45, 2.75) is 212 Å². The first-order chi connectivity index (χ1) is 28.1. The number of carboxylic acid groups (broad SMARTS) is 1. The summed E-state index contributed by atoms with van der Waals surface area (Å²) in [6.07, 6.45) is 48.7. The molecule has 0 bridgehead atoms. The molecule has 0 fully saturated rings. The summed E-state index contributed by atoms with van der Waals surface area (Å²) >= 11 is 0. The predicted octanol–water partition coefficient (Wildman–Crippen LogP) is 13.2. The molecule has 0 heterocycles. The minimum atomic E-state index is -0.879. The van der Waals surface area contributed by atoms with Gasteiger partial charge >= 0.3 is 17.9 Å². The highest BCUT2D eigenvalue weighted by molar-refractivity contribution is 5.72. The summed E-state index contributed by atoms with van der Waals surface area (Å²) < 4.78 is 17.3. The molecule has 0 aromatic rings. The minimum absolute atomic E-state index is 0.0521. The summed E-state index contributed by atoms with van der Waals surface area (Å²) in [6, 6.07) is -0.619. The summed E-state index contributed by atoms with van der Waals surface area (Å²) in [5.41, 5.74) is 0. The molecule has 0 rings (SSSR count). The number of esters is 2. The Morgan fingerprint density at radius 3 is 1.43 bits per heavy atom. The Morgan fingerprint density at radius 1 is 0.534 bits per heavy atom. The van der Waals surface area contributed by atoms with Crippen LogP contribution in [-0.2, 0) is 28.6 Å². The number of hydrogen-bond donors (Lipinski definition) is 1. The Hall–Kier alpha value is -2.71. The smallest absolute Gasteiger partial charge is 0.362 e. The third kappa shape index (κ3) is 38.8. The van der Waals surface area contributed by atoms with E-state index in [1.165, 1.54) is 96.3 Å². The molecule has 8 heteroatoms. The zero-order chi connectivity index (χ0) is 42.8. The number of unbranched alkanes of at least 4 members (excludes halogenated alkanes) is 20. The zero-order valence-electron chi connectivity index (χ0n) is 38.2. The van der Waals surface area contributed by atoms with Gasteiger partial charge in [0, 0.05) is 19.3 Å². The Labute approximate surface area is 356 Å². The lowest BCUT2D eigenvalue weighted by molar-refractivity contribution is -0.887. The largest absolute Gasteiger partial charge is 0.477 e. The number of nitrogens with zero attached hydrogens (tertiary/aromatic N) is 1. The molecule has 0 aliphatic heterocycles. The monoisotopic (exact) mass is 817 g/mol. The number of quaternary nitrogens is 1. The molecule has 0 aromatic carbocycles. The maximum absolute atomic E-state index is 12.8. The molecule has 0 saturated carbocycles. The van der Waals surface area contributed by atoms with Crippen LogP contribution in [0.5, 0.6) is 0 Å². The van der Waals surface area contributed by atoms with Gasteiger partial charge in [0.05, 0.1) is 34.4 Å². The highest BCUT2D eigenvalue weighted by atomic mass is 16.6. The molecule has 0 amide bonds. The standard InChI is InChI=1S/C50H89NO7/c1-6-8-10-12-14-16-18-20-22-24-25-27-29-31-33-35-37-39-41-49(53)58-46(44-56-43-42-47(50(54)55)51(3,4)5)45-57-48(52)40-38-36-34-32-30-28-26-23-21-19-17-15-13-11-9-7-2/h9,11,15,17,21,23,28,30,46-47H,6-8,10,12-14,16,18-20,22,24-27,29,31-45H2,1-5H3/p+1/b11-9+,17-15+,23-21+,30-28+. The van der Waals surface area contributed by atoms with Crippen molar-refractivity contribution in [3.05, 3.63) is 48.6 Å². The molecule has 2 unspecified atom stereocenters. The summed E-state index contributed by atoms with van der Waals surface area (Å²) in [6.45, 7) is 4.61. The Kier molecular flexibility index (Phi) is 39.1. The van der Waals surface area contributed by atoms with Crippen molar-refractivity contribution in [2.75, 3.05) is 41.0 Å². The van der Waals surface area contributed by atoms with Gasteiger partial charge in [0.2, 0.25) is 0 Å². The summed E-state index contributed by atoms with van der Waals surface area (Å²) in [5.74, 6) is -1.50. The fourth-order valence-electron chi connectivity index (χ4n) is 6.85. The van der Waals surface area contributed by atoms with E-state index in [1.807, 2.05) is 21.1 Å². The van der Waals surface area contributed by atoms with Crippen molar-refractivity contribution in [1.29, 1.82) is 0 Å². The molecule has 1 N–H and O–H groups in total. The average molecular weight is 817 g/mol. The Balaban J connectivity index is 4.33. The molecule has 8 nitrogen and oxygen atoms in total. The Morgan fingerprint density at radius 2 is 0.966 bits per heavy atom. The minimum Gasteiger partial charge on any atom is -0.477 e. The van der Waals surface area contributed by atoms with E-state index in [9.17, 15) is 19.5 Å². The highest BCUT2D eigenvalue weighted by Crippen LogP contribution is 2.16. The SMILES string of the molecule is CC/C=C/C/C=C/C/C=C/C/C=C/CCCCCC(=O)OCC(COCCC(C(=O)O)[N+](C)(C)C)OC(=O)CCCCCCCCCCCCCCCCCCCC. The van der Waals surface area contributed by atoms with Gasteiger partial charge in [-0.15, -0.1) is 0 Å². The molecule has 0 spiro atoms.